The second-order valence-corrected chi connectivity index (χ2v) is 7.23. The van der Waals surface area contributed by atoms with E-state index in [0.29, 0.717) is 11.3 Å². The van der Waals surface area contributed by atoms with Crippen molar-refractivity contribution >= 4 is 23.5 Å². The van der Waals surface area contributed by atoms with Gasteiger partial charge in [-0.05, 0) is 37.8 Å². The van der Waals surface area contributed by atoms with Crippen molar-refractivity contribution in [2.24, 2.45) is 11.8 Å². The maximum Gasteiger partial charge on any atom is 0.317 e. The van der Waals surface area contributed by atoms with Gasteiger partial charge < -0.3 is 14.8 Å². The summed E-state index contributed by atoms with van der Waals surface area (Å²) in [5.41, 5.74) is -0.584. The van der Waals surface area contributed by atoms with Crippen LogP contribution >= 0.6 is 0 Å². The summed E-state index contributed by atoms with van der Waals surface area (Å²) in [7, 11) is 0. The van der Waals surface area contributed by atoms with Crippen molar-refractivity contribution in [2.45, 2.75) is 44.6 Å². The fourth-order valence-corrected chi connectivity index (χ4v) is 4.82. The van der Waals surface area contributed by atoms with Crippen LogP contribution in [0.15, 0.2) is 24.3 Å². The molecule has 0 unspecified atom stereocenters. The molecule has 1 saturated carbocycles. The lowest BCUT2D eigenvalue weighted by Crippen LogP contribution is -2.60. The number of ether oxygens (including phenoxy) is 2. The van der Waals surface area contributed by atoms with E-state index < -0.39 is 46.1 Å². The zero-order valence-electron chi connectivity index (χ0n) is 16.4. The average molecular weight is 404 g/mol. The van der Waals surface area contributed by atoms with Crippen LogP contribution in [-0.2, 0) is 29.3 Å². The first-order valence-corrected chi connectivity index (χ1v) is 9.74. The van der Waals surface area contributed by atoms with Gasteiger partial charge in [-0.2, -0.15) is 0 Å². The molecule has 9 heteroatoms. The van der Waals surface area contributed by atoms with Crippen molar-refractivity contribution in [2.75, 3.05) is 18.5 Å². The number of hydrogen-bond acceptors (Lipinski definition) is 7. The topological polar surface area (TPSA) is 125 Å². The second kappa shape index (κ2) is 8.18. The van der Waals surface area contributed by atoms with Gasteiger partial charge in [0.05, 0.1) is 18.6 Å². The Balaban J connectivity index is 2.20. The molecule has 1 aromatic carbocycles. The molecule has 29 heavy (non-hydrogen) atoms. The van der Waals surface area contributed by atoms with Gasteiger partial charge in [0.15, 0.2) is 0 Å². The molecule has 1 N–H and O–H groups in total. The van der Waals surface area contributed by atoms with Gasteiger partial charge in [-0.25, -0.2) is 0 Å². The summed E-state index contributed by atoms with van der Waals surface area (Å²) >= 11 is 0. The van der Waals surface area contributed by atoms with Gasteiger partial charge in [-0.3, -0.25) is 24.5 Å². The van der Waals surface area contributed by atoms with Crippen LogP contribution in [0.1, 0.15) is 38.7 Å². The maximum atomic E-state index is 13.4. The number of fused-ring (bicyclic) bond motifs is 2. The predicted molar refractivity (Wildman–Crippen MR) is 102 cm³/mol. The number of nitrogens with one attached hydrogen (secondary N) is 1. The summed E-state index contributed by atoms with van der Waals surface area (Å²) in [6.07, 6.45) is 0.190. The molecule has 9 nitrogen and oxygen atoms in total. The first kappa shape index (κ1) is 20.8. The average Bonchev–Trinajstić information content (AvgIpc) is 2.96. The van der Waals surface area contributed by atoms with E-state index in [-0.39, 0.29) is 32.5 Å². The molecular weight excluding hydrogens is 380 g/mol. The number of amides is 1. The molecule has 1 heterocycles. The molecule has 4 atom stereocenters. The molecule has 1 spiro atoms. The van der Waals surface area contributed by atoms with Gasteiger partial charge in [0.25, 0.3) is 0 Å². The minimum absolute atomic E-state index is 0.0294. The van der Waals surface area contributed by atoms with E-state index in [1.165, 1.54) is 0 Å². The Hall–Kier alpha value is -2.97. The Labute approximate surface area is 167 Å². The lowest BCUT2D eigenvalue weighted by atomic mass is 9.55. The van der Waals surface area contributed by atoms with Gasteiger partial charge in [-0.15, -0.1) is 0 Å². The quantitative estimate of drug-likeness (QED) is 0.437. The lowest BCUT2D eigenvalue weighted by Gasteiger charge is -2.44. The van der Waals surface area contributed by atoms with Crippen molar-refractivity contribution in [1.29, 1.82) is 0 Å². The SMILES string of the molecule is CCOC(=O)C[C@@H]1CC[C@@H]([N+](=O)[O-])[C@H](C(=O)OCC)[C@@]12C(=O)Nc1ccccc12. The molecule has 2 aliphatic rings. The Morgan fingerprint density at radius 3 is 2.55 bits per heavy atom. The summed E-state index contributed by atoms with van der Waals surface area (Å²) in [4.78, 5) is 49.9. The Kier molecular flexibility index (Phi) is 5.86. The number of carbonyl (C=O) groups excluding carboxylic acids is 3. The van der Waals surface area contributed by atoms with Crippen LogP contribution in [0, 0.1) is 22.0 Å². The van der Waals surface area contributed by atoms with Gasteiger partial charge in [0, 0.05) is 23.5 Å². The third-order valence-corrected chi connectivity index (χ3v) is 5.86. The standard InChI is InChI=1S/C20H24N2O7/c1-3-28-16(23)11-12-9-10-15(22(26)27)17(18(24)29-4-2)20(12)13-7-5-6-8-14(13)21-19(20)25/h5-8,12,15,17H,3-4,9-11H2,1-2H3,(H,21,25)/t12-,15+,17+,20+/m0/s1. The summed E-state index contributed by atoms with van der Waals surface area (Å²) in [6.45, 7) is 3.49. The van der Waals surface area contributed by atoms with E-state index in [9.17, 15) is 24.5 Å². The largest absolute Gasteiger partial charge is 0.466 e. The molecular formula is C20H24N2O7. The van der Waals surface area contributed by atoms with E-state index in [0.717, 1.165) is 0 Å². The summed E-state index contributed by atoms with van der Waals surface area (Å²) in [6, 6.07) is 5.51. The van der Waals surface area contributed by atoms with Crippen LogP contribution in [0.3, 0.4) is 0 Å². The normalized spacial score (nSPS) is 27.8. The number of nitrogens with zero attached hydrogens (tertiary/aromatic N) is 1. The molecule has 1 aliphatic heterocycles. The van der Waals surface area contributed by atoms with Crippen LogP contribution < -0.4 is 5.32 Å². The van der Waals surface area contributed by atoms with Crippen molar-refractivity contribution in [1.82, 2.24) is 0 Å². The highest BCUT2D eigenvalue weighted by molar-refractivity contribution is 6.09. The number of carbonyl (C=O) groups is 3. The molecule has 156 valence electrons. The maximum absolute atomic E-state index is 13.4. The zero-order chi connectivity index (χ0) is 21.2. The Morgan fingerprint density at radius 2 is 1.90 bits per heavy atom. The smallest absolute Gasteiger partial charge is 0.317 e. The molecule has 1 amide bonds. The lowest BCUT2D eigenvalue weighted by molar-refractivity contribution is -0.536. The number of anilines is 1. The molecule has 0 radical (unpaired) electrons. The second-order valence-electron chi connectivity index (χ2n) is 7.23. The van der Waals surface area contributed by atoms with E-state index in [2.05, 4.69) is 5.32 Å². The van der Waals surface area contributed by atoms with Gasteiger partial charge in [0.1, 0.15) is 5.92 Å². The molecule has 3 rings (SSSR count). The number of rotatable bonds is 6. The minimum Gasteiger partial charge on any atom is -0.466 e. The number of para-hydroxylation sites is 1. The first-order chi connectivity index (χ1) is 13.9. The summed E-state index contributed by atoms with van der Waals surface area (Å²) in [5.74, 6) is -3.78. The highest BCUT2D eigenvalue weighted by Crippen LogP contribution is 2.55. The van der Waals surface area contributed by atoms with E-state index >= 15 is 0 Å². The highest BCUT2D eigenvalue weighted by atomic mass is 16.6. The zero-order valence-corrected chi connectivity index (χ0v) is 16.4. The molecule has 1 aliphatic carbocycles. The van der Waals surface area contributed by atoms with Crippen LogP contribution in [0.2, 0.25) is 0 Å². The molecule has 0 saturated heterocycles. The van der Waals surface area contributed by atoms with E-state index in [1.54, 1.807) is 38.1 Å². The third kappa shape index (κ3) is 3.34. The molecule has 1 aromatic rings. The first-order valence-electron chi connectivity index (χ1n) is 9.74. The van der Waals surface area contributed by atoms with E-state index in [4.69, 9.17) is 9.47 Å². The molecule has 0 aromatic heterocycles. The van der Waals surface area contributed by atoms with Crippen molar-refractivity contribution in [3.63, 3.8) is 0 Å². The van der Waals surface area contributed by atoms with Crippen LogP contribution in [0.5, 0.6) is 0 Å². The van der Waals surface area contributed by atoms with Crippen molar-refractivity contribution in [3.05, 3.63) is 39.9 Å². The van der Waals surface area contributed by atoms with Crippen molar-refractivity contribution < 1.29 is 28.8 Å². The fourth-order valence-electron chi connectivity index (χ4n) is 4.82. The molecule has 1 fully saturated rings. The number of benzene rings is 1. The van der Waals surface area contributed by atoms with Gasteiger partial charge in [0.2, 0.25) is 11.9 Å². The Morgan fingerprint density at radius 1 is 1.21 bits per heavy atom. The predicted octanol–water partition coefficient (Wildman–Crippen LogP) is 2.06. The Bertz CT molecular complexity index is 840. The van der Waals surface area contributed by atoms with E-state index in [1.807, 2.05) is 0 Å². The fraction of sp³-hybridized carbons (Fsp3) is 0.550. The van der Waals surface area contributed by atoms with Crippen molar-refractivity contribution in [3.8, 4) is 0 Å². The van der Waals surface area contributed by atoms with Gasteiger partial charge in [-0.1, -0.05) is 18.2 Å². The van der Waals surface area contributed by atoms with Crippen LogP contribution in [0.25, 0.3) is 0 Å². The summed E-state index contributed by atoms with van der Waals surface area (Å²) in [5, 5.41) is 14.6. The molecule has 0 bridgehead atoms. The number of nitro groups is 1. The number of esters is 2. The highest BCUT2D eigenvalue weighted by Gasteiger charge is 2.67. The minimum atomic E-state index is -1.56. The van der Waals surface area contributed by atoms with Crippen LogP contribution in [0.4, 0.5) is 5.69 Å². The van der Waals surface area contributed by atoms with Gasteiger partial charge >= 0.3 is 11.9 Å². The third-order valence-electron chi connectivity index (χ3n) is 5.86. The summed E-state index contributed by atoms with van der Waals surface area (Å²) < 4.78 is 10.2. The van der Waals surface area contributed by atoms with Crippen LogP contribution in [-0.4, -0.2) is 42.0 Å². The number of hydrogen-bond donors (Lipinski definition) is 1. The monoisotopic (exact) mass is 404 g/mol.